The van der Waals surface area contributed by atoms with Crippen molar-refractivity contribution in [2.45, 2.75) is 48.4 Å². The highest BCUT2D eigenvalue weighted by Gasteiger charge is 2.98. The third kappa shape index (κ3) is 3.26. The summed E-state index contributed by atoms with van der Waals surface area (Å²) in [6.07, 6.45) is -39.1. The van der Waals surface area contributed by atoms with Crippen LogP contribution >= 0.6 is 0 Å². The molecule has 0 amide bonds. The Balaban J connectivity index is 7.86. The largest absolute Gasteiger partial charge is 0.437 e. The quantitative estimate of drug-likeness (QED) is 0.512. The zero-order chi connectivity index (χ0) is 24.3. The molecule has 0 aromatic rings. The van der Waals surface area contributed by atoms with Crippen molar-refractivity contribution >= 4 is 0 Å². The van der Waals surface area contributed by atoms with Crippen molar-refractivity contribution in [3.63, 3.8) is 0 Å². The number of hydrogen-bond donors (Lipinski definition) is 1. The monoisotopic (exact) mass is 482 g/mol. The van der Waals surface area contributed by atoms with Gasteiger partial charge in [-0.1, -0.05) is 0 Å². The Morgan fingerprint density at radius 2 is 0.828 bits per heavy atom. The van der Waals surface area contributed by atoms with Crippen LogP contribution in [-0.4, -0.2) is 60.1 Å². The minimum atomic E-state index is -8.77. The summed E-state index contributed by atoms with van der Waals surface area (Å²) in [5, 5.41) is 8.32. The second-order valence-electron chi connectivity index (χ2n) is 5.30. The molecule has 0 spiro atoms. The Morgan fingerprint density at radius 1 is 0.517 bits per heavy atom. The van der Waals surface area contributed by atoms with E-state index in [2.05, 4.69) is 0 Å². The van der Waals surface area contributed by atoms with Gasteiger partial charge in [0.2, 0.25) is 5.41 Å². The number of rotatable bonds is 5. The molecule has 0 saturated heterocycles. The maximum Gasteiger partial charge on any atom is 0.437 e. The highest BCUT2D eigenvalue weighted by atomic mass is 19.4. The summed E-state index contributed by atoms with van der Waals surface area (Å²) >= 11 is 0. The van der Waals surface area contributed by atoms with Crippen LogP contribution in [0.5, 0.6) is 0 Å². The molecule has 0 aromatic heterocycles. The average molecular weight is 482 g/mol. The normalized spacial score (nSPS) is 19.9. The van der Waals surface area contributed by atoms with Gasteiger partial charge in [0, 0.05) is 0 Å². The van der Waals surface area contributed by atoms with E-state index in [9.17, 15) is 79.0 Å². The van der Waals surface area contributed by atoms with Crippen molar-refractivity contribution in [3.05, 3.63) is 0 Å². The summed E-state index contributed by atoms with van der Waals surface area (Å²) in [6, 6.07) is 0. The summed E-state index contributed by atoms with van der Waals surface area (Å²) in [4.78, 5) is 0. The molecule has 0 fully saturated rings. The second kappa shape index (κ2) is 6.86. The molecule has 2 atom stereocenters. The molecule has 0 saturated carbocycles. The fourth-order valence-corrected chi connectivity index (χ4v) is 2.28. The summed E-state index contributed by atoms with van der Waals surface area (Å²) in [7, 11) is 0. The zero-order valence-corrected chi connectivity index (χ0v) is 12.5. The summed E-state index contributed by atoms with van der Waals surface area (Å²) in [5.41, 5.74) is -24.7. The van der Waals surface area contributed by atoms with Gasteiger partial charge in [-0.05, 0) is 0 Å². The van der Waals surface area contributed by atoms with E-state index in [-0.39, 0.29) is 0 Å². The molecule has 0 bridgehead atoms. The molecule has 19 heteroatoms. The first-order valence-corrected chi connectivity index (χ1v) is 6.17. The van der Waals surface area contributed by atoms with E-state index in [0.717, 1.165) is 0 Å². The zero-order valence-electron chi connectivity index (χ0n) is 12.5. The predicted octanol–water partition coefficient (Wildman–Crippen LogP) is 5.53. The van der Waals surface area contributed by atoms with Gasteiger partial charge in [-0.2, -0.15) is 52.7 Å². The van der Waals surface area contributed by atoms with Crippen molar-refractivity contribution in [2.75, 3.05) is 6.61 Å². The third-order valence-electron chi connectivity index (χ3n) is 3.81. The van der Waals surface area contributed by atoms with E-state index < -0.39 is 60.4 Å². The van der Waals surface area contributed by atoms with E-state index in [1.807, 2.05) is 0 Å². The molecule has 1 N–H and O–H groups in total. The Hall–Kier alpha value is -1.30. The van der Waals surface area contributed by atoms with Crippen LogP contribution < -0.4 is 0 Å². The fraction of sp³-hybridized carbons (Fsp3) is 1.00. The maximum atomic E-state index is 13.9. The van der Waals surface area contributed by atoms with Gasteiger partial charge in [0.1, 0.15) is 0 Å². The van der Waals surface area contributed by atoms with E-state index in [0.29, 0.717) is 0 Å². The molecule has 0 aliphatic rings. The number of hydrogen-bond acceptors (Lipinski definition) is 1. The van der Waals surface area contributed by atoms with E-state index >= 15 is 0 Å². The lowest BCUT2D eigenvalue weighted by Crippen LogP contribution is -2.81. The average Bonchev–Trinajstić information content (AvgIpc) is 2.41. The molecule has 1 nitrogen and oxygen atoms in total. The van der Waals surface area contributed by atoms with Gasteiger partial charge in [-0.15, -0.1) is 0 Å². The van der Waals surface area contributed by atoms with Crippen LogP contribution in [0.4, 0.5) is 79.0 Å². The molecule has 2 unspecified atom stereocenters. The predicted molar refractivity (Wildman–Crippen MR) is 52.4 cm³/mol. The molecule has 0 radical (unpaired) electrons. The molecular weight excluding hydrogens is 478 g/mol. The highest BCUT2D eigenvalue weighted by Crippen LogP contribution is 2.70. The van der Waals surface area contributed by atoms with Crippen LogP contribution in [0.25, 0.3) is 0 Å². The third-order valence-corrected chi connectivity index (χ3v) is 3.81. The second-order valence-corrected chi connectivity index (χ2v) is 5.30. The number of halogens is 18. The molecule has 29 heavy (non-hydrogen) atoms. The van der Waals surface area contributed by atoms with Crippen molar-refractivity contribution < 1.29 is 84.1 Å². The maximum absolute atomic E-state index is 13.9. The van der Waals surface area contributed by atoms with Gasteiger partial charge in [0.25, 0.3) is 12.1 Å². The van der Waals surface area contributed by atoms with Gasteiger partial charge < -0.3 is 5.11 Å². The van der Waals surface area contributed by atoms with Crippen molar-refractivity contribution in [3.8, 4) is 0 Å². The summed E-state index contributed by atoms with van der Waals surface area (Å²) in [6.45, 7) is -4.50. The van der Waals surface area contributed by atoms with Gasteiger partial charge in [0.05, 0.1) is 6.61 Å². The fourth-order valence-electron chi connectivity index (χ4n) is 2.28. The van der Waals surface area contributed by atoms with Crippen molar-refractivity contribution in [1.82, 2.24) is 0 Å². The minimum Gasteiger partial charge on any atom is -0.395 e. The molecule has 0 aromatic carbocycles. The number of alkyl halides is 18. The molecule has 0 heterocycles. The van der Waals surface area contributed by atoms with Crippen LogP contribution in [-0.2, 0) is 0 Å². The summed E-state index contributed by atoms with van der Waals surface area (Å²) < 4.78 is 232. The van der Waals surface area contributed by atoms with Gasteiger partial charge in [-0.25, -0.2) is 26.3 Å². The smallest absolute Gasteiger partial charge is 0.395 e. The van der Waals surface area contributed by atoms with E-state index in [4.69, 9.17) is 5.11 Å². The van der Waals surface area contributed by atoms with Crippen LogP contribution in [0.1, 0.15) is 0 Å². The Kier molecular flexibility index (Phi) is 6.55. The first-order valence-electron chi connectivity index (χ1n) is 6.17. The lowest BCUT2D eigenvalue weighted by atomic mass is 9.62. The van der Waals surface area contributed by atoms with Crippen LogP contribution in [0.2, 0.25) is 0 Å². The molecule has 0 rings (SSSR count). The lowest BCUT2D eigenvalue weighted by Gasteiger charge is -2.52. The van der Waals surface area contributed by atoms with Crippen LogP contribution in [0.15, 0.2) is 0 Å². The Labute approximate surface area is 146 Å². The molecule has 176 valence electrons. The van der Waals surface area contributed by atoms with Crippen LogP contribution in [0, 0.1) is 5.41 Å². The van der Waals surface area contributed by atoms with Gasteiger partial charge >= 0.3 is 36.3 Å². The van der Waals surface area contributed by atoms with Crippen molar-refractivity contribution in [1.29, 1.82) is 0 Å². The van der Waals surface area contributed by atoms with Gasteiger partial charge in [-0.3, -0.25) is 0 Å². The molecule has 0 aliphatic heterocycles. The number of aliphatic hydroxyl groups excluding tert-OH is 1. The Bertz CT molecular complexity index is 565. The first-order chi connectivity index (χ1) is 12.3. The topological polar surface area (TPSA) is 20.2 Å². The first kappa shape index (κ1) is 27.7. The number of aliphatic hydroxyl groups is 1. The van der Waals surface area contributed by atoms with E-state index in [1.165, 1.54) is 0 Å². The summed E-state index contributed by atoms with van der Waals surface area (Å²) in [5.74, 6) is -8.77. The highest BCUT2D eigenvalue weighted by molar-refractivity contribution is 5.23. The standard InChI is InChI=1S/C10H4F18O/c11-2(12)4(13,8(20,21)22)3(1-29,7(17,18)19)6(15,16)5(14,9(23,24)25)10(26,27)28/h2,29H,1H2. The van der Waals surface area contributed by atoms with Crippen LogP contribution in [0.3, 0.4) is 0 Å². The molecule has 0 aliphatic carbocycles. The molecular formula is C10H4F18O. The lowest BCUT2D eigenvalue weighted by molar-refractivity contribution is -0.477. The SMILES string of the molecule is OCC(C(F)(F)F)(C(F)(F)C(F)(C(F)(F)F)C(F)(F)F)C(F)(C(F)F)C(F)(F)F. The minimum absolute atomic E-state index is 4.50. The van der Waals surface area contributed by atoms with Crippen molar-refractivity contribution in [2.24, 2.45) is 5.41 Å². The Morgan fingerprint density at radius 3 is 0.966 bits per heavy atom. The van der Waals surface area contributed by atoms with E-state index in [1.54, 1.807) is 0 Å². The van der Waals surface area contributed by atoms with Gasteiger partial charge in [0.15, 0.2) is 0 Å².